The summed E-state index contributed by atoms with van der Waals surface area (Å²) < 4.78 is 0. The van der Waals surface area contributed by atoms with Gasteiger partial charge >= 0.3 is 0 Å². The molecule has 1 heterocycles. The van der Waals surface area contributed by atoms with Crippen LogP contribution in [0.25, 0.3) is 11.0 Å². The van der Waals surface area contributed by atoms with Crippen molar-refractivity contribution in [2.45, 2.75) is 77.0 Å². The van der Waals surface area contributed by atoms with E-state index in [1.54, 1.807) is 0 Å². The molecule has 0 atom stereocenters. The summed E-state index contributed by atoms with van der Waals surface area (Å²) >= 11 is 0. The van der Waals surface area contributed by atoms with Crippen LogP contribution in [0.1, 0.15) is 98.0 Å². The van der Waals surface area contributed by atoms with E-state index >= 15 is 0 Å². The minimum atomic E-state index is -0.202. The van der Waals surface area contributed by atoms with Crippen LogP contribution in [0.15, 0.2) is 18.2 Å². The van der Waals surface area contributed by atoms with E-state index in [0.29, 0.717) is 11.6 Å². The zero-order valence-electron chi connectivity index (χ0n) is 19.4. The molecule has 4 heteroatoms. The minimum absolute atomic E-state index is 0.175. The van der Waals surface area contributed by atoms with Crippen molar-refractivity contribution in [3.8, 4) is 0 Å². The molecule has 172 valence electrons. The quantitative estimate of drug-likeness (QED) is 0.560. The van der Waals surface area contributed by atoms with Crippen LogP contribution in [0.3, 0.4) is 0 Å². The molecule has 10 rings (SSSR count). The summed E-state index contributed by atoms with van der Waals surface area (Å²) in [5, 5.41) is 0. The molecule has 0 saturated heterocycles. The van der Waals surface area contributed by atoms with E-state index in [1.807, 2.05) is 18.2 Å². The summed E-state index contributed by atoms with van der Waals surface area (Å²) in [6.07, 6.45) is 14.3. The number of aromatic nitrogens is 2. The number of ketones is 2. The van der Waals surface area contributed by atoms with Crippen LogP contribution in [-0.4, -0.2) is 21.5 Å². The molecule has 8 fully saturated rings. The smallest absolute Gasteiger partial charge is 0.204 e. The number of rotatable bonds is 4. The average Bonchev–Trinajstić information content (AvgIpc) is 3.20. The highest BCUT2D eigenvalue weighted by Gasteiger charge is 2.56. The van der Waals surface area contributed by atoms with Gasteiger partial charge in [0.1, 0.15) is 0 Å². The molecule has 1 aromatic carbocycles. The summed E-state index contributed by atoms with van der Waals surface area (Å²) in [5.74, 6) is 5.48. The van der Waals surface area contributed by atoms with Crippen LogP contribution in [0, 0.1) is 46.3 Å². The van der Waals surface area contributed by atoms with Crippen LogP contribution in [0.2, 0.25) is 0 Å². The number of benzene rings is 1. The summed E-state index contributed by atoms with van der Waals surface area (Å²) in [7, 11) is 0. The van der Waals surface area contributed by atoms with Crippen LogP contribution in [0.4, 0.5) is 0 Å². The number of Topliss-reactive ketones (excluding diaryl/α,β-unsaturated/α-hetero) is 2. The third-order valence-corrected chi connectivity index (χ3v) is 11.0. The number of carbonyl (C=O) groups is 2. The Hall–Kier alpha value is -1.97. The van der Waals surface area contributed by atoms with Gasteiger partial charge in [0.2, 0.25) is 5.78 Å². The lowest BCUT2D eigenvalue weighted by Crippen LogP contribution is -2.50. The van der Waals surface area contributed by atoms with Crippen molar-refractivity contribution in [2.75, 3.05) is 0 Å². The molecular formula is C29H34N2O2. The summed E-state index contributed by atoms with van der Waals surface area (Å²) in [5.41, 5.74) is 1.99. The van der Waals surface area contributed by atoms with Gasteiger partial charge in [-0.25, -0.2) is 4.98 Å². The number of carbonyl (C=O) groups excluding carboxylic acids is 2. The highest BCUT2D eigenvalue weighted by Crippen LogP contribution is 2.62. The number of hydrogen-bond donors (Lipinski definition) is 1. The number of nitrogens with zero attached hydrogens (tertiary/aromatic N) is 1. The van der Waals surface area contributed by atoms with Crippen molar-refractivity contribution in [1.82, 2.24) is 9.97 Å². The van der Waals surface area contributed by atoms with Gasteiger partial charge in [-0.1, -0.05) is 6.07 Å². The van der Waals surface area contributed by atoms with Gasteiger partial charge in [0, 0.05) is 16.4 Å². The van der Waals surface area contributed by atoms with Gasteiger partial charge in [0.25, 0.3) is 0 Å². The Morgan fingerprint density at radius 1 is 0.697 bits per heavy atom. The normalized spacial score (nSPS) is 44.6. The van der Waals surface area contributed by atoms with E-state index in [-0.39, 0.29) is 16.6 Å². The highest BCUT2D eigenvalue weighted by atomic mass is 16.1. The lowest BCUT2D eigenvalue weighted by atomic mass is 9.48. The zero-order valence-corrected chi connectivity index (χ0v) is 19.4. The molecule has 0 amide bonds. The second kappa shape index (κ2) is 6.37. The van der Waals surface area contributed by atoms with Gasteiger partial charge in [0.05, 0.1) is 11.0 Å². The van der Waals surface area contributed by atoms with Gasteiger partial charge in [-0.05, 0) is 125 Å². The number of aromatic amines is 1. The fraction of sp³-hybridized carbons (Fsp3) is 0.690. The van der Waals surface area contributed by atoms with Crippen LogP contribution >= 0.6 is 0 Å². The molecule has 0 radical (unpaired) electrons. The maximum absolute atomic E-state index is 14.1. The van der Waals surface area contributed by atoms with Crippen LogP contribution in [-0.2, 0) is 0 Å². The Labute approximate surface area is 195 Å². The molecule has 0 spiro atoms. The monoisotopic (exact) mass is 442 g/mol. The Bertz CT molecular complexity index is 1120. The first-order valence-corrected chi connectivity index (χ1v) is 13.6. The Balaban J connectivity index is 1.16. The van der Waals surface area contributed by atoms with Crippen molar-refractivity contribution in [3.63, 3.8) is 0 Å². The van der Waals surface area contributed by atoms with E-state index in [4.69, 9.17) is 4.98 Å². The van der Waals surface area contributed by atoms with E-state index in [9.17, 15) is 9.59 Å². The van der Waals surface area contributed by atoms with Crippen molar-refractivity contribution in [2.24, 2.45) is 46.3 Å². The lowest BCUT2D eigenvalue weighted by Gasteiger charge is -2.56. The molecular weight excluding hydrogens is 408 g/mol. The number of hydrogen-bond acceptors (Lipinski definition) is 3. The van der Waals surface area contributed by atoms with Crippen molar-refractivity contribution in [1.29, 1.82) is 0 Å². The molecule has 0 aliphatic heterocycles. The summed E-state index contributed by atoms with van der Waals surface area (Å²) in [6, 6.07) is 5.95. The number of fused-ring (bicyclic) bond motifs is 1. The topological polar surface area (TPSA) is 62.8 Å². The fourth-order valence-electron chi connectivity index (χ4n) is 10.6. The number of nitrogens with one attached hydrogen (secondary N) is 1. The molecule has 8 aliphatic rings. The van der Waals surface area contributed by atoms with Gasteiger partial charge in [-0.15, -0.1) is 0 Å². The van der Waals surface area contributed by atoms with Crippen molar-refractivity contribution < 1.29 is 9.59 Å². The average molecular weight is 443 g/mol. The number of para-hydroxylation sites is 1. The second-order valence-corrected chi connectivity index (χ2v) is 13.3. The standard InChI is InChI=1S/C29H34N2O2/c32-25(28-10-16-4-17(11-28)6-18(5-16)12-28)22-2-1-3-23-24(22)31-27(30-23)26(33)29-13-19-7-20(14-29)9-21(8-19)15-29/h1-3,16-21H,4-15H2,(H,30,31). The maximum Gasteiger partial charge on any atom is 0.204 e. The summed E-state index contributed by atoms with van der Waals surface area (Å²) in [6.45, 7) is 0. The predicted molar refractivity (Wildman–Crippen MR) is 126 cm³/mol. The first-order chi connectivity index (χ1) is 16.0. The molecule has 1 aromatic heterocycles. The third-order valence-electron chi connectivity index (χ3n) is 11.0. The Morgan fingerprint density at radius 3 is 1.64 bits per heavy atom. The van der Waals surface area contributed by atoms with Crippen molar-refractivity contribution in [3.05, 3.63) is 29.6 Å². The van der Waals surface area contributed by atoms with E-state index in [0.717, 1.165) is 90.6 Å². The van der Waals surface area contributed by atoms with Crippen LogP contribution in [0.5, 0.6) is 0 Å². The molecule has 4 nitrogen and oxygen atoms in total. The highest BCUT2D eigenvalue weighted by molar-refractivity contribution is 6.10. The number of H-pyrrole nitrogens is 1. The Kier molecular flexibility index (Phi) is 3.73. The molecule has 1 N–H and O–H groups in total. The van der Waals surface area contributed by atoms with E-state index in [2.05, 4.69) is 4.98 Å². The summed E-state index contributed by atoms with van der Waals surface area (Å²) in [4.78, 5) is 36.2. The molecule has 33 heavy (non-hydrogen) atoms. The molecule has 2 aromatic rings. The van der Waals surface area contributed by atoms with Crippen molar-refractivity contribution >= 4 is 22.6 Å². The molecule has 8 aliphatic carbocycles. The lowest BCUT2D eigenvalue weighted by molar-refractivity contribution is -0.0357. The van der Waals surface area contributed by atoms with Gasteiger partial charge in [-0.3, -0.25) is 9.59 Å². The first-order valence-electron chi connectivity index (χ1n) is 13.6. The fourth-order valence-corrected chi connectivity index (χ4v) is 10.6. The predicted octanol–water partition coefficient (Wildman–Crippen LogP) is 6.36. The first kappa shape index (κ1) is 19.3. The van der Waals surface area contributed by atoms with Gasteiger partial charge < -0.3 is 4.98 Å². The largest absolute Gasteiger partial charge is 0.335 e. The maximum atomic E-state index is 14.1. The van der Waals surface area contributed by atoms with Gasteiger partial charge in [-0.2, -0.15) is 0 Å². The molecule has 0 unspecified atom stereocenters. The van der Waals surface area contributed by atoms with E-state index < -0.39 is 0 Å². The zero-order chi connectivity index (χ0) is 21.9. The number of imidazole rings is 1. The van der Waals surface area contributed by atoms with E-state index in [1.165, 1.54) is 38.5 Å². The second-order valence-electron chi connectivity index (χ2n) is 13.3. The SMILES string of the molecule is O=C(c1nc2c(C(=O)C34CC5CC(CC(C5)C3)C4)cccc2[nH]1)C12CC3CC(CC(C3)C1)C2. The molecule has 8 bridgehead atoms. The molecule has 8 saturated carbocycles. The van der Waals surface area contributed by atoms with Gasteiger partial charge in [0.15, 0.2) is 11.6 Å². The Morgan fingerprint density at radius 2 is 1.15 bits per heavy atom. The third kappa shape index (κ3) is 2.67. The van der Waals surface area contributed by atoms with Crippen LogP contribution < -0.4 is 0 Å². The minimum Gasteiger partial charge on any atom is -0.335 e.